The molecule has 0 spiro atoms. The number of benzene rings is 2. The summed E-state index contributed by atoms with van der Waals surface area (Å²) >= 11 is 4.21. The van der Waals surface area contributed by atoms with Gasteiger partial charge in [-0.15, -0.1) is 0 Å². The highest BCUT2D eigenvalue weighted by atomic mass is 127. The van der Waals surface area contributed by atoms with Crippen molar-refractivity contribution in [3.8, 4) is 5.75 Å². The first-order chi connectivity index (χ1) is 11.5. The molecule has 2 aromatic rings. The van der Waals surface area contributed by atoms with Gasteiger partial charge in [0.05, 0.1) is 10.5 Å². The van der Waals surface area contributed by atoms with Crippen LogP contribution in [0.1, 0.15) is 41.3 Å². The fourth-order valence-corrected chi connectivity index (χ4v) is 4.99. The SMILES string of the molecule is Cc1cc(S(=O)(=O)[O-])c(C(C)C)cc1OC(=O)c1ccc(I)cc1I. The van der Waals surface area contributed by atoms with Gasteiger partial charge in [0, 0.05) is 7.14 Å². The van der Waals surface area contributed by atoms with Crippen LogP contribution in [0, 0.1) is 14.1 Å². The molecule has 0 saturated carbocycles. The van der Waals surface area contributed by atoms with E-state index in [1.54, 1.807) is 32.9 Å². The van der Waals surface area contributed by atoms with Gasteiger partial charge in [-0.25, -0.2) is 13.2 Å². The summed E-state index contributed by atoms with van der Waals surface area (Å²) in [5.74, 6) is -0.498. The largest absolute Gasteiger partial charge is 0.744 e. The normalized spacial score (nSPS) is 11.6. The van der Waals surface area contributed by atoms with Crippen molar-refractivity contribution in [3.05, 3.63) is 54.2 Å². The number of hydrogen-bond donors (Lipinski definition) is 0. The number of rotatable bonds is 4. The molecule has 2 rings (SSSR count). The number of ether oxygens (including phenoxy) is 1. The maximum atomic E-state index is 12.5. The van der Waals surface area contributed by atoms with Crippen LogP contribution in [0.2, 0.25) is 0 Å². The van der Waals surface area contributed by atoms with E-state index >= 15 is 0 Å². The van der Waals surface area contributed by atoms with E-state index in [9.17, 15) is 17.8 Å². The molecule has 0 fully saturated rings. The Morgan fingerprint density at radius 3 is 2.32 bits per heavy atom. The third-order valence-electron chi connectivity index (χ3n) is 3.55. The topological polar surface area (TPSA) is 83.5 Å². The Hall–Kier alpha value is -0.720. The van der Waals surface area contributed by atoms with Gasteiger partial charge in [-0.05, 0) is 99.5 Å². The van der Waals surface area contributed by atoms with E-state index in [0.29, 0.717) is 16.7 Å². The van der Waals surface area contributed by atoms with E-state index < -0.39 is 16.1 Å². The smallest absolute Gasteiger partial charge is 0.344 e. The maximum absolute atomic E-state index is 12.5. The zero-order valence-electron chi connectivity index (χ0n) is 13.7. The van der Waals surface area contributed by atoms with Crippen LogP contribution in [0.3, 0.4) is 0 Å². The summed E-state index contributed by atoms with van der Waals surface area (Å²) in [5.41, 5.74) is 1.17. The monoisotopic (exact) mass is 585 g/mol. The maximum Gasteiger partial charge on any atom is 0.344 e. The molecule has 8 heteroatoms. The van der Waals surface area contributed by atoms with Crippen molar-refractivity contribution < 1.29 is 22.5 Å². The lowest BCUT2D eigenvalue weighted by atomic mass is 10.0. The second kappa shape index (κ2) is 7.89. The molecule has 25 heavy (non-hydrogen) atoms. The summed E-state index contributed by atoms with van der Waals surface area (Å²) in [7, 11) is -4.60. The first-order valence-corrected chi connectivity index (χ1v) is 10.8. The minimum absolute atomic E-state index is 0.213. The molecule has 0 saturated heterocycles. The number of hydrogen-bond acceptors (Lipinski definition) is 5. The van der Waals surface area contributed by atoms with Crippen molar-refractivity contribution >= 4 is 61.3 Å². The summed E-state index contributed by atoms with van der Waals surface area (Å²) in [5, 5.41) is 0. The zero-order valence-corrected chi connectivity index (χ0v) is 18.8. The third kappa shape index (κ3) is 4.92. The molecule has 0 amide bonds. The Morgan fingerprint density at radius 2 is 1.80 bits per heavy atom. The average molecular weight is 585 g/mol. The lowest BCUT2D eigenvalue weighted by Gasteiger charge is -2.19. The molecular weight excluding hydrogens is 570 g/mol. The summed E-state index contributed by atoms with van der Waals surface area (Å²) < 4.78 is 41.7. The van der Waals surface area contributed by atoms with Gasteiger partial charge in [-0.2, -0.15) is 0 Å². The lowest BCUT2D eigenvalue weighted by molar-refractivity contribution is 0.0732. The minimum Gasteiger partial charge on any atom is -0.744 e. The summed E-state index contributed by atoms with van der Waals surface area (Å²) in [6.45, 7) is 5.14. The van der Waals surface area contributed by atoms with E-state index in [-0.39, 0.29) is 16.6 Å². The molecule has 134 valence electrons. The fraction of sp³-hybridized carbons (Fsp3) is 0.235. The summed E-state index contributed by atoms with van der Waals surface area (Å²) in [6, 6.07) is 8.07. The Morgan fingerprint density at radius 1 is 1.16 bits per heavy atom. The van der Waals surface area contributed by atoms with E-state index in [1.807, 2.05) is 6.07 Å². The van der Waals surface area contributed by atoms with Crippen LogP contribution in [-0.2, 0) is 10.1 Å². The number of carbonyl (C=O) groups is 1. The standard InChI is InChI=1S/C17H16I2O5S/c1-9(2)13-8-15(10(3)6-16(13)25(21,22)23)24-17(20)12-5-4-11(18)7-14(12)19/h4-9H,1-3H3,(H,21,22,23)/p-1. The Kier molecular flexibility index (Phi) is 6.50. The molecule has 0 aliphatic heterocycles. The van der Waals surface area contributed by atoms with Crippen LogP contribution in [0.4, 0.5) is 0 Å². The molecule has 0 aliphatic rings. The van der Waals surface area contributed by atoms with Crippen molar-refractivity contribution in [2.45, 2.75) is 31.6 Å². The van der Waals surface area contributed by atoms with Crippen molar-refractivity contribution in [2.24, 2.45) is 0 Å². The van der Waals surface area contributed by atoms with Gasteiger partial charge in [-0.3, -0.25) is 0 Å². The number of carbonyl (C=O) groups excluding carboxylic acids is 1. The number of aryl methyl sites for hydroxylation is 1. The molecule has 0 aliphatic carbocycles. The molecule has 5 nitrogen and oxygen atoms in total. The van der Waals surface area contributed by atoms with Crippen molar-refractivity contribution in [2.75, 3.05) is 0 Å². The highest BCUT2D eigenvalue weighted by molar-refractivity contribution is 14.1. The predicted octanol–water partition coefficient (Wildman–Crippen LogP) is 4.45. The fourth-order valence-electron chi connectivity index (χ4n) is 2.26. The molecule has 0 unspecified atom stereocenters. The van der Waals surface area contributed by atoms with Crippen molar-refractivity contribution in [3.63, 3.8) is 0 Å². The van der Waals surface area contributed by atoms with E-state index in [1.165, 1.54) is 12.1 Å². The molecule has 0 heterocycles. The third-order valence-corrected chi connectivity index (χ3v) is 6.01. The van der Waals surface area contributed by atoms with Gasteiger partial charge < -0.3 is 9.29 Å². The quantitative estimate of drug-likeness (QED) is 0.229. The molecule has 0 radical (unpaired) electrons. The van der Waals surface area contributed by atoms with Crippen LogP contribution >= 0.6 is 45.2 Å². The Balaban J connectivity index is 2.46. The molecule has 0 aromatic heterocycles. The summed E-state index contributed by atoms with van der Waals surface area (Å²) in [4.78, 5) is 12.2. The second-order valence-electron chi connectivity index (χ2n) is 5.78. The van der Waals surface area contributed by atoms with Gasteiger partial charge in [0.2, 0.25) is 0 Å². The highest BCUT2D eigenvalue weighted by Gasteiger charge is 2.19. The summed E-state index contributed by atoms with van der Waals surface area (Å²) in [6.07, 6.45) is 0. The first-order valence-electron chi connectivity index (χ1n) is 7.28. The number of halogens is 2. The van der Waals surface area contributed by atoms with Crippen molar-refractivity contribution in [1.82, 2.24) is 0 Å². The highest BCUT2D eigenvalue weighted by Crippen LogP contribution is 2.31. The second-order valence-corrected chi connectivity index (χ2v) is 9.53. The first kappa shape index (κ1) is 20.6. The molecule has 0 N–H and O–H groups in total. The molecule has 0 atom stereocenters. The van der Waals surface area contributed by atoms with Crippen LogP contribution in [0.15, 0.2) is 35.2 Å². The van der Waals surface area contributed by atoms with E-state index in [4.69, 9.17) is 4.74 Å². The van der Waals surface area contributed by atoms with Gasteiger partial charge in [0.1, 0.15) is 15.9 Å². The van der Waals surface area contributed by atoms with Crippen LogP contribution in [-0.4, -0.2) is 18.9 Å². The molecule has 2 aromatic carbocycles. The van der Waals surface area contributed by atoms with E-state index in [2.05, 4.69) is 45.2 Å². The van der Waals surface area contributed by atoms with Gasteiger partial charge in [0.15, 0.2) is 0 Å². The van der Waals surface area contributed by atoms with Crippen LogP contribution in [0.25, 0.3) is 0 Å². The van der Waals surface area contributed by atoms with Gasteiger partial charge >= 0.3 is 5.97 Å². The average Bonchev–Trinajstić information content (AvgIpc) is 2.47. The Bertz CT molecular complexity index is 936. The van der Waals surface area contributed by atoms with Gasteiger partial charge in [-0.1, -0.05) is 13.8 Å². The molecular formula is C17H15I2O5S-. The zero-order chi connectivity index (χ0) is 18.9. The van der Waals surface area contributed by atoms with Crippen LogP contribution < -0.4 is 4.74 Å². The van der Waals surface area contributed by atoms with Gasteiger partial charge in [0.25, 0.3) is 0 Å². The number of esters is 1. The van der Waals surface area contributed by atoms with Crippen LogP contribution in [0.5, 0.6) is 5.75 Å². The molecule has 0 bridgehead atoms. The predicted molar refractivity (Wildman–Crippen MR) is 110 cm³/mol. The minimum atomic E-state index is -4.60. The van der Waals surface area contributed by atoms with Crippen molar-refractivity contribution in [1.29, 1.82) is 0 Å². The Labute approximate surface area is 174 Å². The van der Waals surface area contributed by atoms with E-state index in [0.717, 1.165) is 7.14 Å². The lowest BCUT2D eigenvalue weighted by Crippen LogP contribution is -2.13.